The summed E-state index contributed by atoms with van der Waals surface area (Å²) >= 11 is 0. The van der Waals surface area contributed by atoms with Crippen molar-refractivity contribution in [2.45, 2.75) is 111 Å². The van der Waals surface area contributed by atoms with Gasteiger partial charge in [0, 0.05) is 0 Å². The molecule has 1 fully saturated rings. The van der Waals surface area contributed by atoms with Crippen molar-refractivity contribution in [1.29, 1.82) is 0 Å². The molecule has 0 heterocycles. The van der Waals surface area contributed by atoms with Gasteiger partial charge in [-0.05, 0) is 50.4 Å². The Balaban J connectivity index is 2.35. The van der Waals surface area contributed by atoms with Crippen molar-refractivity contribution in [2.24, 2.45) is 23.7 Å². The number of aliphatic carboxylic acids is 1. The van der Waals surface area contributed by atoms with Gasteiger partial charge in [0.2, 0.25) is 0 Å². The molecule has 0 amide bonds. The first-order valence-electron chi connectivity index (χ1n) is 11.2. The molecule has 4 nitrogen and oxygen atoms in total. The molecule has 0 aliphatic heterocycles. The summed E-state index contributed by atoms with van der Waals surface area (Å²) in [6.07, 6.45) is 12.0. The fraction of sp³-hybridized carbons (Fsp3) is 0.913. The Hall–Kier alpha value is -1.06. The van der Waals surface area contributed by atoms with E-state index >= 15 is 0 Å². The first-order chi connectivity index (χ1) is 12.8. The molecule has 158 valence electrons. The molecule has 0 saturated heterocycles. The number of rotatable bonds is 13. The number of carbonyl (C=O) groups excluding carboxylic acids is 1. The maximum atomic E-state index is 12.6. The molecule has 4 heteroatoms. The number of ether oxygens (including phenoxy) is 1. The molecule has 0 aromatic rings. The molecule has 27 heavy (non-hydrogen) atoms. The standard InChI is InChI=1S/C23H42O4/c1-17(2)11-8-6-5-7-9-14-21(15-18(3)4)27-23(26)20-13-10-12-19(16-20)22(24)25/h17-21H,5-16H2,1-4H3,(H,24,25). The van der Waals surface area contributed by atoms with Gasteiger partial charge in [0.15, 0.2) is 0 Å². The second kappa shape index (κ2) is 13.2. The highest BCUT2D eigenvalue weighted by Gasteiger charge is 2.33. The van der Waals surface area contributed by atoms with Gasteiger partial charge in [-0.3, -0.25) is 9.59 Å². The van der Waals surface area contributed by atoms with Crippen LogP contribution in [0.3, 0.4) is 0 Å². The van der Waals surface area contributed by atoms with Crippen LogP contribution in [0.15, 0.2) is 0 Å². The summed E-state index contributed by atoms with van der Waals surface area (Å²) in [5.74, 6) is -0.268. The Morgan fingerprint density at radius 3 is 2.07 bits per heavy atom. The van der Waals surface area contributed by atoms with Crippen LogP contribution in [0.5, 0.6) is 0 Å². The summed E-state index contributed by atoms with van der Waals surface area (Å²) in [5, 5.41) is 9.22. The minimum absolute atomic E-state index is 0.0154. The monoisotopic (exact) mass is 382 g/mol. The Bertz CT molecular complexity index is 430. The van der Waals surface area contributed by atoms with Crippen molar-refractivity contribution in [3.8, 4) is 0 Å². The van der Waals surface area contributed by atoms with Gasteiger partial charge in [0.1, 0.15) is 6.10 Å². The SMILES string of the molecule is CC(C)CCCCCCCC(CC(C)C)OC(=O)C1CCCC(C(=O)O)C1. The summed E-state index contributed by atoms with van der Waals surface area (Å²) < 4.78 is 5.86. The fourth-order valence-corrected chi connectivity index (χ4v) is 4.09. The molecule has 3 unspecified atom stereocenters. The van der Waals surface area contributed by atoms with Crippen molar-refractivity contribution in [3.05, 3.63) is 0 Å². The lowest BCUT2D eigenvalue weighted by Gasteiger charge is -2.28. The number of carboxylic acids is 1. The van der Waals surface area contributed by atoms with Crippen molar-refractivity contribution >= 4 is 11.9 Å². The number of carboxylic acid groups (broad SMARTS) is 1. The van der Waals surface area contributed by atoms with Gasteiger partial charge in [-0.2, -0.15) is 0 Å². The lowest BCUT2D eigenvalue weighted by atomic mass is 9.81. The molecule has 1 N–H and O–H groups in total. The van der Waals surface area contributed by atoms with Gasteiger partial charge in [-0.25, -0.2) is 0 Å². The normalized spacial score (nSPS) is 21.4. The van der Waals surface area contributed by atoms with Gasteiger partial charge < -0.3 is 9.84 Å². The van der Waals surface area contributed by atoms with Crippen LogP contribution in [0.2, 0.25) is 0 Å². The lowest BCUT2D eigenvalue weighted by Crippen LogP contribution is -2.31. The maximum absolute atomic E-state index is 12.6. The highest BCUT2D eigenvalue weighted by atomic mass is 16.5. The maximum Gasteiger partial charge on any atom is 0.309 e. The lowest BCUT2D eigenvalue weighted by molar-refractivity contribution is -0.158. The molecule has 3 atom stereocenters. The van der Waals surface area contributed by atoms with E-state index in [0.717, 1.165) is 38.0 Å². The van der Waals surface area contributed by atoms with Crippen LogP contribution in [0, 0.1) is 23.7 Å². The zero-order valence-electron chi connectivity index (χ0n) is 18.0. The molecule has 1 aliphatic rings. The Morgan fingerprint density at radius 1 is 0.889 bits per heavy atom. The van der Waals surface area contributed by atoms with E-state index in [9.17, 15) is 14.7 Å². The summed E-state index contributed by atoms with van der Waals surface area (Å²) in [6, 6.07) is 0. The molecule has 1 rings (SSSR count). The predicted octanol–water partition coefficient (Wildman–Crippen LogP) is 6.22. The van der Waals surface area contributed by atoms with Gasteiger partial charge in [0.25, 0.3) is 0 Å². The molecule has 1 saturated carbocycles. The van der Waals surface area contributed by atoms with Crippen LogP contribution < -0.4 is 0 Å². The minimum Gasteiger partial charge on any atom is -0.481 e. The van der Waals surface area contributed by atoms with Gasteiger partial charge in [-0.1, -0.05) is 66.2 Å². The molecule has 1 aliphatic carbocycles. The summed E-state index contributed by atoms with van der Waals surface area (Å²) in [4.78, 5) is 23.8. The highest BCUT2D eigenvalue weighted by molar-refractivity contribution is 5.75. The van der Waals surface area contributed by atoms with E-state index in [1.165, 1.54) is 32.1 Å². The van der Waals surface area contributed by atoms with E-state index in [1.54, 1.807) is 0 Å². The highest BCUT2D eigenvalue weighted by Crippen LogP contribution is 2.31. The van der Waals surface area contributed by atoms with Crippen LogP contribution in [-0.2, 0) is 14.3 Å². The Morgan fingerprint density at radius 2 is 1.48 bits per heavy atom. The summed E-state index contributed by atoms with van der Waals surface area (Å²) in [7, 11) is 0. The van der Waals surface area contributed by atoms with Crippen LogP contribution in [0.4, 0.5) is 0 Å². The van der Waals surface area contributed by atoms with Crippen molar-refractivity contribution < 1.29 is 19.4 Å². The van der Waals surface area contributed by atoms with Crippen LogP contribution in [0.25, 0.3) is 0 Å². The van der Waals surface area contributed by atoms with Crippen LogP contribution in [-0.4, -0.2) is 23.1 Å². The molecular weight excluding hydrogens is 340 g/mol. The molecule has 0 spiro atoms. The van der Waals surface area contributed by atoms with E-state index in [4.69, 9.17) is 4.74 Å². The molecule has 0 aromatic heterocycles. The second-order valence-electron chi connectivity index (χ2n) is 9.33. The third kappa shape index (κ3) is 10.8. The van der Waals surface area contributed by atoms with Gasteiger partial charge >= 0.3 is 11.9 Å². The predicted molar refractivity (Wildman–Crippen MR) is 110 cm³/mol. The average Bonchev–Trinajstić information content (AvgIpc) is 2.60. The molecular formula is C23H42O4. The number of unbranched alkanes of at least 4 members (excludes halogenated alkanes) is 4. The number of hydrogen-bond donors (Lipinski definition) is 1. The second-order valence-corrected chi connectivity index (χ2v) is 9.33. The number of hydrogen-bond acceptors (Lipinski definition) is 3. The van der Waals surface area contributed by atoms with Crippen molar-refractivity contribution in [3.63, 3.8) is 0 Å². The zero-order valence-corrected chi connectivity index (χ0v) is 18.0. The van der Waals surface area contributed by atoms with Crippen molar-refractivity contribution in [1.82, 2.24) is 0 Å². The fourth-order valence-electron chi connectivity index (χ4n) is 4.09. The summed E-state index contributed by atoms with van der Waals surface area (Å²) in [6.45, 7) is 8.87. The van der Waals surface area contributed by atoms with Crippen LogP contribution in [0.1, 0.15) is 105 Å². The van der Waals surface area contributed by atoms with E-state index < -0.39 is 5.97 Å². The quantitative estimate of drug-likeness (QED) is 0.303. The first-order valence-corrected chi connectivity index (χ1v) is 11.2. The summed E-state index contributed by atoms with van der Waals surface area (Å²) in [5.41, 5.74) is 0. The molecule has 0 aromatic carbocycles. The van der Waals surface area contributed by atoms with Crippen molar-refractivity contribution in [2.75, 3.05) is 0 Å². The van der Waals surface area contributed by atoms with E-state index in [0.29, 0.717) is 18.8 Å². The Labute approximate surface area is 166 Å². The number of esters is 1. The van der Waals surface area contributed by atoms with Gasteiger partial charge in [-0.15, -0.1) is 0 Å². The Kier molecular flexibility index (Phi) is 11.7. The average molecular weight is 383 g/mol. The third-order valence-corrected chi connectivity index (χ3v) is 5.68. The topological polar surface area (TPSA) is 63.6 Å². The van der Waals surface area contributed by atoms with Gasteiger partial charge in [0.05, 0.1) is 11.8 Å². The molecule has 0 bridgehead atoms. The third-order valence-electron chi connectivity index (χ3n) is 5.68. The van der Waals surface area contributed by atoms with E-state index in [-0.39, 0.29) is 23.9 Å². The van der Waals surface area contributed by atoms with E-state index in [1.807, 2.05) is 0 Å². The van der Waals surface area contributed by atoms with E-state index in [2.05, 4.69) is 27.7 Å². The number of carbonyl (C=O) groups is 2. The molecule has 0 radical (unpaired) electrons. The smallest absolute Gasteiger partial charge is 0.309 e. The first kappa shape index (κ1) is 24.0. The van der Waals surface area contributed by atoms with Crippen LogP contribution >= 0.6 is 0 Å². The largest absolute Gasteiger partial charge is 0.481 e. The minimum atomic E-state index is -0.774. The zero-order chi connectivity index (χ0) is 20.2.